The molecule has 0 N–H and O–H groups in total. The summed E-state index contributed by atoms with van der Waals surface area (Å²) >= 11 is 1.32. The zero-order chi connectivity index (χ0) is 22.7. The van der Waals surface area contributed by atoms with Crippen molar-refractivity contribution in [2.75, 3.05) is 38.2 Å². The second kappa shape index (κ2) is 10.9. The van der Waals surface area contributed by atoms with Crippen LogP contribution in [0.2, 0.25) is 0 Å². The Bertz CT molecular complexity index is 1260. The normalized spacial score (nSPS) is 11.1. The summed E-state index contributed by atoms with van der Waals surface area (Å²) in [4.78, 5) is 22.4. The molecule has 33 heavy (non-hydrogen) atoms. The Balaban J connectivity index is 0.00000306. The zero-order valence-corrected chi connectivity index (χ0v) is 20.5. The quantitative estimate of drug-likeness (QED) is 0.305. The number of amides is 1. The Morgan fingerprint density at radius 1 is 1.03 bits per heavy atom. The number of nitrogens with zero attached hydrogens (tertiary/aromatic N) is 3. The van der Waals surface area contributed by atoms with Crippen molar-refractivity contribution in [2.45, 2.75) is 13.8 Å². The fourth-order valence-corrected chi connectivity index (χ4v) is 4.78. The highest BCUT2D eigenvalue weighted by Crippen LogP contribution is 2.33. The fourth-order valence-electron chi connectivity index (χ4n) is 3.77. The van der Waals surface area contributed by atoms with Crippen LogP contribution in [0.4, 0.5) is 9.52 Å². The Kier molecular flexibility index (Phi) is 8.24. The molecule has 1 aromatic heterocycles. The van der Waals surface area contributed by atoms with Gasteiger partial charge in [-0.15, -0.1) is 12.4 Å². The van der Waals surface area contributed by atoms with Crippen LogP contribution in [-0.4, -0.2) is 49.1 Å². The highest BCUT2D eigenvalue weighted by molar-refractivity contribution is 7.22. The number of rotatable bonds is 8. The Hall–Kier alpha value is -2.74. The van der Waals surface area contributed by atoms with Gasteiger partial charge in [0.2, 0.25) is 0 Å². The van der Waals surface area contributed by atoms with Crippen molar-refractivity contribution in [3.05, 3.63) is 66.0 Å². The number of halogens is 2. The van der Waals surface area contributed by atoms with Gasteiger partial charge in [0.05, 0.1) is 22.9 Å². The lowest BCUT2D eigenvalue weighted by atomic mass is 10.0. The Morgan fingerprint density at radius 2 is 1.73 bits per heavy atom. The topological polar surface area (TPSA) is 45.7 Å². The minimum atomic E-state index is -0.315. The smallest absolute Gasteiger partial charge is 0.263 e. The lowest BCUT2D eigenvalue weighted by molar-refractivity contribution is 0.0981. The summed E-state index contributed by atoms with van der Waals surface area (Å²) in [5, 5.41) is 2.52. The van der Waals surface area contributed by atoms with E-state index in [0.717, 1.165) is 23.9 Å². The van der Waals surface area contributed by atoms with Crippen molar-refractivity contribution in [1.29, 1.82) is 0 Å². The first-order chi connectivity index (χ1) is 15.5. The van der Waals surface area contributed by atoms with E-state index < -0.39 is 0 Å². The van der Waals surface area contributed by atoms with Gasteiger partial charge in [0.25, 0.3) is 5.91 Å². The molecule has 0 saturated carbocycles. The molecule has 0 fully saturated rings. The monoisotopic (exact) mass is 487 g/mol. The lowest BCUT2D eigenvalue weighted by Gasteiger charge is -2.25. The molecule has 4 aromatic rings. The van der Waals surface area contributed by atoms with E-state index in [0.29, 0.717) is 39.8 Å². The van der Waals surface area contributed by atoms with Gasteiger partial charge < -0.3 is 9.64 Å². The molecule has 0 aliphatic heterocycles. The zero-order valence-electron chi connectivity index (χ0n) is 18.9. The summed E-state index contributed by atoms with van der Waals surface area (Å²) in [5.74, 6) is 0.0258. The van der Waals surface area contributed by atoms with Crippen LogP contribution in [0.3, 0.4) is 0 Å². The summed E-state index contributed by atoms with van der Waals surface area (Å²) in [7, 11) is 1.57. The Labute approximate surface area is 203 Å². The molecule has 1 heterocycles. The molecule has 0 radical (unpaired) electrons. The van der Waals surface area contributed by atoms with Crippen molar-refractivity contribution in [3.8, 4) is 5.75 Å². The highest BCUT2D eigenvalue weighted by atomic mass is 35.5. The molecule has 0 aliphatic carbocycles. The van der Waals surface area contributed by atoms with Gasteiger partial charge in [-0.2, -0.15) is 0 Å². The van der Waals surface area contributed by atoms with Crippen molar-refractivity contribution < 1.29 is 13.9 Å². The fraction of sp³-hybridized carbons (Fsp3) is 0.280. The second-order valence-corrected chi connectivity index (χ2v) is 8.50. The van der Waals surface area contributed by atoms with Crippen molar-refractivity contribution >= 4 is 55.8 Å². The number of likely N-dealkylation sites (N-methyl/N-ethyl adjacent to an activating group) is 1. The molecule has 3 aromatic carbocycles. The molecule has 0 unspecified atom stereocenters. The molecule has 8 heteroatoms. The van der Waals surface area contributed by atoms with Crippen molar-refractivity contribution in [1.82, 2.24) is 9.88 Å². The number of hydrogen-bond acceptors (Lipinski definition) is 5. The number of anilines is 1. The molecule has 1 amide bonds. The third kappa shape index (κ3) is 5.27. The van der Waals surface area contributed by atoms with E-state index in [4.69, 9.17) is 4.74 Å². The average molecular weight is 488 g/mol. The molecule has 5 nitrogen and oxygen atoms in total. The number of ether oxygens (including phenoxy) is 1. The molecular weight excluding hydrogens is 461 g/mol. The van der Waals surface area contributed by atoms with Gasteiger partial charge >= 0.3 is 0 Å². The van der Waals surface area contributed by atoms with Gasteiger partial charge in [-0.1, -0.05) is 49.4 Å². The van der Waals surface area contributed by atoms with Gasteiger partial charge in [-0.3, -0.25) is 9.69 Å². The minimum absolute atomic E-state index is 0. The van der Waals surface area contributed by atoms with E-state index in [1.54, 1.807) is 18.1 Å². The van der Waals surface area contributed by atoms with Gasteiger partial charge in [-0.05, 0) is 54.2 Å². The largest absolute Gasteiger partial charge is 0.496 e. The molecule has 0 spiro atoms. The number of aromatic nitrogens is 1. The van der Waals surface area contributed by atoms with Crippen molar-refractivity contribution in [2.24, 2.45) is 0 Å². The first-order valence-corrected chi connectivity index (χ1v) is 11.5. The van der Waals surface area contributed by atoms with Crippen LogP contribution in [0, 0.1) is 5.82 Å². The molecule has 4 rings (SSSR count). The lowest BCUT2D eigenvalue weighted by Crippen LogP contribution is -2.39. The van der Waals surface area contributed by atoms with Crippen LogP contribution in [0.25, 0.3) is 21.0 Å². The van der Waals surface area contributed by atoms with E-state index >= 15 is 0 Å². The number of fused-ring (bicyclic) bond motifs is 2. The molecule has 0 saturated heterocycles. The maximum atomic E-state index is 13.8. The summed E-state index contributed by atoms with van der Waals surface area (Å²) in [6.07, 6.45) is 0. The number of hydrogen-bond donors (Lipinski definition) is 0. The van der Waals surface area contributed by atoms with Gasteiger partial charge in [0, 0.05) is 13.1 Å². The molecular formula is C25H27ClFN3O2S. The average Bonchev–Trinajstić information content (AvgIpc) is 3.23. The number of carbonyl (C=O) groups excluding carboxylic acids is 1. The van der Waals surface area contributed by atoms with Crippen LogP contribution in [0.15, 0.2) is 54.6 Å². The van der Waals surface area contributed by atoms with E-state index in [-0.39, 0.29) is 24.1 Å². The second-order valence-electron chi connectivity index (χ2n) is 7.49. The summed E-state index contributed by atoms with van der Waals surface area (Å²) < 4.78 is 20.0. The van der Waals surface area contributed by atoms with Gasteiger partial charge in [0.1, 0.15) is 11.6 Å². The molecule has 0 bridgehead atoms. The number of thiazole rings is 1. The first-order valence-electron chi connectivity index (χ1n) is 10.7. The van der Waals surface area contributed by atoms with E-state index in [9.17, 15) is 9.18 Å². The summed E-state index contributed by atoms with van der Waals surface area (Å²) in [6, 6.07) is 16.1. The van der Waals surface area contributed by atoms with E-state index in [1.807, 2.05) is 36.4 Å². The number of benzene rings is 3. The maximum absolute atomic E-state index is 13.8. The van der Waals surface area contributed by atoms with Crippen LogP contribution >= 0.6 is 23.7 Å². The molecule has 0 aliphatic rings. The number of carbonyl (C=O) groups is 1. The predicted octanol–water partition coefficient (Wildman–Crippen LogP) is 6.01. The van der Waals surface area contributed by atoms with Gasteiger partial charge in [0.15, 0.2) is 5.13 Å². The van der Waals surface area contributed by atoms with E-state index in [2.05, 4.69) is 23.7 Å². The van der Waals surface area contributed by atoms with Gasteiger partial charge in [-0.25, -0.2) is 9.37 Å². The third-order valence-electron chi connectivity index (χ3n) is 5.65. The minimum Gasteiger partial charge on any atom is -0.496 e. The SMILES string of the molecule is CCN(CC)CCN(C(=O)c1cc2ccccc2cc1OC)c1nc2ccc(F)cc2s1.Cl. The van der Waals surface area contributed by atoms with Crippen LogP contribution in [0.1, 0.15) is 24.2 Å². The van der Waals surface area contributed by atoms with Crippen LogP contribution in [-0.2, 0) is 0 Å². The summed E-state index contributed by atoms with van der Waals surface area (Å²) in [5.41, 5.74) is 1.16. The maximum Gasteiger partial charge on any atom is 0.263 e. The predicted molar refractivity (Wildman–Crippen MR) is 137 cm³/mol. The first kappa shape index (κ1) is 24.9. The molecule has 0 atom stereocenters. The third-order valence-corrected chi connectivity index (χ3v) is 6.69. The Morgan fingerprint density at radius 3 is 2.39 bits per heavy atom. The highest BCUT2D eigenvalue weighted by Gasteiger charge is 2.25. The van der Waals surface area contributed by atoms with Crippen molar-refractivity contribution in [3.63, 3.8) is 0 Å². The van der Waals surface area contributed by atoms with E-state index in [1.165, 1.54) is 23.5 Å². The standard InChI is InChI=1S/C25H26FN3O2S.ClH/c1-4-28(5-2)12-13-29(25-27-21-11-10-19(26)16-23(21)32-25)24(30)20-14-17-8-6-7-9-18(17)15-22(20)31-3;/h6-11,14-16H,4-5,12-13H2,1-3H3;1H. The van der Waals surface area contributed by atoms with Crippen LogP contribution < -0.4 is 9.64 Å². The van der Waals surface area contributed by atoms with Crippen LogP contribution in [0.5, 0.6) is 5.75 Å². The molecule has 174 valence electrons. The summed E-state index contributed by atoms with van der Waals surface area (Å²) in [6.45, 7) is 7.16. The number of methoxy groups -OCH3 is 1.